The Bertz CT molecular complexity index is 159. The zero-order chi connectivity index (χ0) is 9.52. The van der Waals surface area contributed by atoms with Gasteiger partial charge < -0.3 is 20.5 Å². The molecule has 3 N–H and O–H groups in total. The predicted octanol–water partition coefficient (Wildman–Crippen LogP) is -0.543. The molecule has 0 aromatic rings. The lowest BCUT2D eigenvalue weighted by atomic mass is 10.6. The Hall–Kier alpha value is -0.810. The maximum Gasteiger partial charge on any atom is 0.315 e. The van der Waals surface area contributed by atoms with Gasteiger partial charge in [0.2, 0.25) is 0 Å². The summed E-state index contributed by atoms with van der Waals surface area (Å²) in [6.07, 6.45) is 2.18. The monoisotopic (exact) mass is 188 g/mol. The smallest absolute Gasteiger partial charge is 0.315 e. The third-order valence-corrected chi connectivity index (χ3v) is 1.68. The number of carbonyl (C=O) groups is 1. The predicted molar refractivity (Wildman–Crippen MR) is 47.5 cm³/mol. The quantitative estimate of drug-likeness (QED) is 0.490. The number of carbonyl (C=O) groups excluding carboxylic acids is 1. The Morgan fingerprint density at radius 1 is 1.46 bits per heavy atom. The molecule has 13 heavy (non-hydrogen) atoms. The van der Waals surface area contributed by atoms with Gasteiger partial charge in [-0.05, 0) is 12.8 Å². The minimum Gasteiger partial charge on any atom is -0.394 e. The number of hydrogen-bond donors (Lipinski definition) is 3. The molecule has 0 unspecified atom stereocenters. The third-order valence-electron chi connectivity index (χ3n) is 1.68. The molecule has 0 heterocycles. The molecule has 0 atom stereocenters. The van der Waals surface area contributed by atoms with E-state index in [-0.39, 0.29) is 12.6 Å². The van der Waals surface area contributed by atoms with Gasteiger partial charge in [-0.25, -0.2) is 4.79 Å². The molecule has 76 valence electrons. The summed E-state index contributed by atoms with van der Waals surface area (Å²) >= 11 is 0. The zero-order valence-corrected chi connectivity index (χ0v) is 7.58. The molecule has 0 radical (unpaired) electrons. The number of urea groups is 1. The average molecular weight is 188 g/mol. The van der Waals surface area contributed by atoms with Crippen LogP contribution in [0.1, 0.15) is 12.8 Å². The van der Waals surface area contributed by atoms with Gasteiger partial charge in [0.05, 0.1) is 19.8 Å². The molecule has 0 aliphatic heterocycles. The van der Waals surface area contributed by atoms with E-state index >= 15 is 0 Å². The fourth-order valence-electron chi connectivity index (χ4n) is 0.867. The van der Waals surface area contributed by atoms with Crippen molar-refractivity contribution >= 4 is 6.03 Å². The molecule has 1 aliphatic carbocycles. The van der Waals surface area contributed by atoms with Gasteiger partial charge in [0.1, 0.15) is 0 Å². The highest BCUT2D eigenvalue weighted by Gasteiger charge is 2.22. The van der Waals surface area contributed by atoms with E-state index < -0.39 is 0 Å². The molecule has 1 aliphatic rings. The number of hydrogen-bond acceptors (Lipinski definition) is 3. The van der Waals surface area contributed by atoms with Crippen LogP contribution in [0.4, 0.5) is 4.79 Å². The first-order valence-corrected chi connectivity index (χ1v) is 4.56. The van der Waals surface area contributed by atoms with Gasteiger partial charge >= 0.3 is 6.03 Å². The summed E-state index contributed by atoms with van der Waals surface area (Å²) in [6, 6.07) is 0.258. The zero-order valence-electron chi connectivity index (χ0n) is 7.58. The molecule has 0 aromatic heterocycles. The second-order valence-corrected chi connectivity index (χ2v) is 3.01. The number of rotatable bonds is 6. The largest absolute Gasteiger partial charge is 0.394 e. The molecule has 0 saturated heterocycles. The Morgan fingerprint density at radius 3 is 2.85 bits per heavy atom. The lowest BCUT2D eigenvalue weighted by Crippen LogP contribution is -2.38. The molecule has 0 aromatic carbocycles. The highest BCUT2D eigenvalue weighted by atomic mass is 16.5. The van der Waals surface area contributed by atoms with E-state index in [9.17, 15) is 4.79 Å². The van der Waals surface area contributed by atoms with Crippen molar-refractivity contribution in [3.63, 3.8) is 0 Å². The van der Waals surface area contributed by atoms with Crippen LogP contribution in [0.3, 0.4) is 0 Å². The van der Waals surface area contributed by atoms with E-state index in [1.54, 1.807) is 0 Å². The summed E-state index contributed by atoms with van der Waals surface area (Å²) < 4.78 is 4.96. The first-order valence-electron chi connectivity index (χ1n) is 4.56. The molecule has 1 rings (SSSR count). The Morgan fingerprint density at radius 2 is 2.23 bits per heavy atom. The van der Waals surface area contributed by atoms with Crippen molar-refractivity contribution in [2.24, 2.45) is 0 Å². The molecule has 1 fully saturated rings. The number of amides is 2. The first kappa shape index (κ1) is 10.3. The summed E-state index contributed by atoms with van der Waals surface area (Å²) in [5.74, 6) is 0. The van der Waals surface area contributed by atoms with Crippen LogP contribution < -0.4 is 10.6 Å². The van der Waals surface area contributed by atoms with Crippen LogP contribution >= 0.6 is 0 Å². The van der Waals surface area contributed by atoms with Crippen LogP contribution in [0.15, 0.2) is 0 Å². The van der Waals surface area contributed by atoms with Crippen molar-refractivity contribution in [3.05, 3.63) is 0 Å². The van der Waals surface area contributed by atoms with Gasteiger partial charge in [-0.15, -0.1) is 0 Å². The summed E-state index contributed by atoms with van der Waals surface area (Å²) in [7, 11) is 0. The van der Waals surface area contributed by atoms with Gasteiger partial charge in [-0.2, -0.15) is 0 Å². The van der Waals surface area contributed by atoms with Crippen LogP contribution in [-0.4, -0.2) is 43.5 Å². The summed E-state index contributed by atoms with van der Waals surface area (Å²) in [5, 5.41) is 13.8. The molecule has 0 spiro atoms. The number of aliphatic hydroxyl groups excluding tert-OH is 1. The molecule has 5 heteroatoms. The molecular weight excluding hydrogens is 172 g/mol. The Balaban J connectivity index is 1.83. The summed E-state index contributed by atoms with van der Waals surface area (Å²) in [6.45, 7) is 1.28. The van der Waals surface area contributed by atoms with Gasteiger partial charge in [-0.1, -0.05) is 0 Å². The van der Waals surface area contributed by atoms with E-state index in [0.29, 0.717) is 25.8 Å². The Labute approximate surface area is 77.5 Å². The van der Waals surface area contributed by atoms with Crippen molar-refractivity contribution in [3.8, 4) is 0 Å². The second kappa shape index (κ2) is 5.77. The fourth-order valence-corrected chi connectivity index (χ4v) is 0.867. The highest BCUT2D eigenvalue weighted by molar-refractivity contribution is 5.74. The summed E-state index contributed by atoms with van der Waals surface area (Å²) in [4.78, 5) is 11.0. The van der Waals surface area contributed by atoms with Crippen LogP contribution in [0, 0.1) is 0 Å². The number of nitrogens with one attached hydrogen (secondary N) is 2. The standard InChI is InChI=1S/C8H16N2O3/c11-4-6-13-5-3-9-8(12)10-7-1-2-7/h7,11H,1-6H2,(H2,9,10,12). The number of ether oxygens (including phenoxy) is 1. The van der Waals surface area contributed by atoms with Crippen LogP contribution in [0.5, 0.6) is 0 Å². The molecule has 1 saturated carbocycles. The van der Waals surface area contributed by atoms with Crippen molar-refractivity contribution in [1.82, 2.24) is 10.6 Å². The maximum atomic E-state index is 11.0. The molecule has 0 bridgehead atoms. The van der Waals surface area contributed by atoms with Crippen molar-refractivity contribution in [1.29, 1.82) is 0 Å². The van der Waals surface area contributed by atoms with Crippen LogP contribution in [-0.2, 0) is 4.74 Å². The van der Waals surface area contributed by atoms with E-state index in [2.05, 4.69) is 10.6 Å². The van der Waals surface area contributed by atoms with E-state index in [4.69, 9.17) is 9.84 Å². The highest BCUT2D eigenvalue weighted by Crippen LogP contribution is 2.17. The molecular formula is C8H16N2O3. The topological polar surface area (TPSA) is 70.6 Å². The normalized spacial score (nSPS) is 15.5. The van der Waals surface area contributed by atoms with E-state index in [1.165, 1.54) is 0 Å². The van der Waals surface area contributed by atoms with Crippen LogP contribution in [0.25, 0.3) is 0 Å². The fraction of sp³-hybridized carbons (Fsp3) is 0.875. The average Bonchev–Trinajstić information content (AvgIpc) is 2.88. The van der Waals surface area contributed by atoms with Crippen LogP contribution in [0.2, 0.25) is 0 Å². The lowest BCUT2D eigenvalue weighted by molar-refractivity contribution is 0.0947. The van der Waals surface area contributed by atoms with Gasteiger partial charge in [0.25, 0.3) is 0 Å². The summed E-state index contributed by atoms with van der Waals surface area (Å²) in [5.41, 5.74) is 0. The second-order valence-electron chi connectivity index (χ2n) is 3.01. The minimum absolute atomic E-state index is 0.0221. The molecule has 2 amide bonds. The minimum atomic E-state index is -0.130. The number of aliphatic hydroxyl groups is 1. The Kier molecular flexibility index (Phi) is 4.56. The van der Waals surface area contributed by atoms with Crippen molar-refractivity contribution in [2.75, 3.05) is 26.4 Å². The van der Waals surface area contributed by atoms with Crippen molar-refractivity contribution in [2.45, 2.75) is 18.9 Å². The molecule has 5 nitrogen and oxygen atoms in total. The van der Waals surface area contributed by atoms with Gasteiger partial charge in [0, 0.05) is 12.6 Å². The van der Waals surface area contributed by atoms with E-state index in [1.807, 2.05) is 0 Å². The van der Waals surface area contributed by atoms with Gasteiger partial charge in [0.15, 0.2) is 0 Å². The SMILES string of the molecule is O=C(NCCOCCO)NC1CC1. The maximum absolute atomic E-state index is 11.0. The van der Waals surface area contributed by atoms with Crippen molar-refractivity contribution < 1.29 is 14.6 Å². The lowest BCUT2D eigenvalue weighted by Gasteiger charge is -2.06. The van der Waals surface area contributed by atoms with E-state index in [0.717, 1.165) is 12.8 Å². The van der Waals surface area contributed by atoms with Gasteiger partial charge in [-0.3, -0.25) is 0 Å². The first-order chi connectivity index (χ1) is 6.33. The third kappa shape index (κ3) is 5.43.